The van der Waals surface area contributed by atoms with Crippen LogP contribution in [0.3, 0.4) is 0 Å². The quantitative estimate of drug-likeness (QED) is 0.258. The Hall–Kier alpha value is -3.29. The molecule has 0 spiro atoms. The number of thioether (sulfide) groups is 1. The van der Waals surface area contributed by atoms with Crippen molar-refractivity contribution in [3.63, 3.8) is 0 Å². The minimum absolute atomic E-state index is 0.0249. The zero-order valence-electron chi connectivity index (χ0n) is 19.5. The van der Waals surface area contributed by atoms with Gasteiger partial charge in [-0.05, 0) is 41.8 Å². The Morgan fingerprint density at radius 1 is 1.00 bits per heavy atom. The summed E-state index contributed by atoms with van der Waals surface area (Å²) < 4.78 is 7.46. The van der Waals surface area contributed by atoms with Gasteiger partial charge in [-0.25, -0.2) is 0 Å². The number of carbonyl (C=O) groups is 1. The largest absolute Gasteiger partial charge is 0.497 e. The molecule has 1 N–H and O–H groups in total. The Bertz CT molecular complexity index is 1260. The first kappa shape index (κ1) is 24.8. The average Bonchev–Trinajstić information content (AvgIpc) is 3.29. The summed E-state index contributed by atoms with van der Waals surface area (Å²) in [5, 5.41) is 13.4. The lowest BCUT2D eigenvalue weighted by molar-refractivity contribution is -0.121. The number of nitrogens with zero attached hydrogens (tertiary/aromatic N) is 3. The Morgan fingerprint density at radius 3 is 2.60 bits per heavy atom. The van der Waals surface area contributed by atoms with Crippen molar-refractivity contribution in [3.05, 3.63) is 101 Å². The molecule has 180 valence electrons. The van der Waals surface area contributed by atoms with Gasteiger partial charge in [-0.1, -0.05) is 71.9 Å². The summed E-state index contributed by atoms with van der Waals surface area (Å²) in [4.78, 5) is 12.4. The van der Waals surface area contributed by atoms with Gasteiger partial charge in [-0.15, -0.1) is 10.2 Å². The van der Waals surface area contributed by atoms with E-state index in [1.54, 1.807) is 18.9 Å². The highest BCUT2D eigenvalue weighted by Crippen LogP contribution is 2.28. The zero-order valence-corrected chi connectivity index (χ0v) is 21.1. The first-order chi connectivity index (χ1) is 17.1. The average molecular weight is 507 g/mol. The van der Waals surface area contributed by atoms with Gasteiger partial charge in [-0.2, -0.15) is 0 Å². The van der Waals surface area contributed by atoms with Crippen LogP contribution in [0.1, 0.15) is 29.8 Å². The SMILES string of the molecule is COc1cccc(-n2c(CCCC(=O)NCc3ccccc3)nnc2SCc2cccc(Cl)c2)c1. The molecule has 0 aliphatic rings. The van der Waals surface area contributed by atoms with Crippen molar-refractivity contribution < 1.29 is 9.53 Å². The van der Waals surface area contributed by atoms with Gasteiger partial charge in [0, 0.05) is 36.2 Å². The van der Waals surface area contributed by atoms with Crippen LogP contribution in [0.5, 0.6) is 5.75 Å². The maximum atomic E-state index is 12.4. The van der Waals surface area contributed by atoms with Gasteiger partial charge in [0.15, 0.2) is 5.16 Å². The van der Waals surface area contributed by atoms with Gasteiger partial charge in [-0.3, -0.25) is 9.36 Å². The van der Waals surface area contributed by atoms with Crippen molar-refractivity contribution in [1.29, 1.82) is 0 Å². The van der Waals surface area contributed by atoms with Crippen LogP contribution in [0.4, 0.5) is 0 Å². The van der Waals surface area contributed by atoms with E-state index in [1.165, 1.54) is 0 Å². The van der Waals surface area contributed by atoms with Gasteiger partial charge >= 0.3 is 0 Å². The summed E-state index contributed by atoms with van der Waals surface area (Å²) in [5.41, 5.74) is 3.12. The van der Waals surface area contributed by atoms with Crippen molar-refractivity contribution in [1.82, 2.24) is 20.1 Å². The fourth-order valence-corrected chi connectivity index (χ4v) is 4.76. The number of nitrogens with one attached hydrogen (secondary N) is 1. The number of halogens is 1. The molecule has 0 fully saturated rings. The molecule has 0 radical (unpaired) electrons. The normalized spacial score (nSPS) is 10.8. The third-order valence-electron chi connectivity index (χ3n) is 5.41. The molecule has 6 nitrogen and oxygen atoms in total. The molecule has 35 heavy (non-hydrogen) atoms. The summed E-state index contributed by atoms with van der Waals surface area (Å²) in [6, 6.07) is 25.5. The number of rotatable bonds is 11. The Labute approximate surface area is 214 Å². The summed E-state index contributed by atoms with van der Waals surface area (Å²) in [6.07, 6.45) is 1.71. The topological polar surface area (TPSA) is 69.0 Å². The smallest absolute Gasteiger partial charge is 0.220 e. The number of carbonyl (C=O) groups excluding carboxylic acids is 1. The van der Waals surface area contributed by atoms with Crippen LogP contribution in [0.15, 0.2) is 84.0 Å². The predicted molar refractivity (Wildman–Crippen MR) is 140 cm³/mol. The standard InChI is InChI=1S/C27H27ClN4O2S/c1-34-24-13-6-12-23(17-24)32-25(14-7-15-26(33)29-18-20-8-3-2-4-9-20)30-31-27(32)35-19-21-10-5-11-22(28)16-21/h2-6,8-13,16-17H,7,14-15,18-19H2,1H3,(H,29,33). The molecule has 1 heterocycles. The maximum absolute atomic E-state index is 12.4. The van der Waals surface area contributed by atoms with E-state index in [1.807, 2.05) is 83.4 Å². The minimum atomic E-state index is 0.0249. The van der Waals surface area contributed by atoms with Gasteiger partial charge in [0.05, 0.1) is 12.8 Å². The molecular formula is C27H27ClN4O2S. The van der Waals surface area contributed by atoms with Crippen LogP contribution < -0.4 is 10.1 Å². The van der Waals surface area contributed by atoms with E-state index < -0.39 is 0 Å². The molecule has 0 saturated heterocycles. The molecule has 4 aromatic rings. The number of ether oxygens (including phenoxy) is 1. The Balaban J connectivity index is 1.44. The van der Waals surface area contributed by atoms with E-state index >= 15 is 0 Å². The second-order valence-corrected chi connectivity index (χ2v) is 9.35. The number of aromatic nitrogens is 3. The van der Waals surface area contributed by atoms with Crippen molar-refractivity contribution in [3.8, 4) is 11.4 Å². The van der Waals surface area contributed by atoms with Crippen LogP contribution in [-0.2, 0) is 23.5 Å². The van der Waals surface area contributed by atoms with E-state index in [2.05, 4.69) is 15.5 Å². The fraction of sp³-hybridized carbons (Fsp3) is 0.222. The van der Waals surface area contributed by atoms with Crippen molar-refractivity contribution >= 4 is 29.3 Å². The molecule has 1 amide bonds. The number of methoxy groups -OCH3 is 1. The van der Waals surface area contributed by atoms with Crippen molar-refractivity contribution in [2.24, 2.45) is 0 Å². The third-order valence-corrected chi connectivity index (χ3v) is 6.64. The zero-order chi connectivity index (χ0) is 24.5. The molecule has 0 atom stereocenters. The number of amides is 1. The van der Waals surface area contributed by atoms with E-state index in [0.29, 0.717) is 36.6 Å². The maximum Gasteiger partial charge on any atom is 0.220 e. The molecule has 1 aromatic heterocycles. The van der Waals surface area contributed by atoms with Crippen LogP contribution in [-0.4, -0.2) is 27.8 Å². The number of hydrogen-bond acceptors (Lipinski definition) is 5. The monoisotopic (exact) mass is 506 g/mol. The first-order valence-electron chi connectivity index (χ1n) is 11.4. The molecule has 0 unspecified atom stereocenters. The summed E-state index contributed by atoms with van der Waals surface area (Å²) in [7, 11) is 1.65. The van der Waals surface area contributed by atoms with E-state index in [9.17, 15) is 4.79 Å². The number of benzene rings is 3. The van der Waals surface area contributed by atoms with Crippen LogP contribution in [0.25, 0.3) is 5.69 Å². The number of hydrogen-bond donors (Lipinski definition) is 1. The van der Waals surface area contributed by atoms with Gasteiger partial charge in [0.2, 0.25) is 5.91 Å². The molecular weight excluding hydrogens is 480 g/mol. The molecule has 8 heteroatoms. The highest BCUT2D eigenvalue weighted by atomic mass is 35.5. The van der Waals surface area contributed by atoms with Crippen molar-refractivity contribution in [2.45, 2.75) is 36.7 Å². The Morgan fingerprint density at radius 2 is 1.80 bits per heavy atom. The van der Waals surface area contributed by atoms with Gasteiger partial charge < -0.3 is 10.1 Å². The summed E-state index contributed by atoms with van der Waals surface area (Å²) in [5.74, 6) is 2.30. The van der Waals surface area contributed by atoms with Gasteiger partial charge in [0.25, 0.3) is 0 Å². The van der Waals surface area contributed by atoms with Gasteiger partial charge in [0.1, 0.15) is 11.6 Å². The lowest BCUT2D eigenvalue weighted by Crippen LogP contribution is -2.22. The molecule has 4 rings (SSSR count). The predicted octanol–water partition coefficient (Wildman–Crippen LogP) is 5.86. The second-order valence-electron chi connectivity index (χ2n) is 7.97. The van der Waals surface area contributed by atoms with Crippen LogP contribution >= 0.6 is 23.4 Å². The van der Waals surface area contributed by atoms with E-state index in [-0.39, 0.29) is 5.91 Å². The van der Waals surface area contributed by atoms with Crippen LogP contribution in [0.2, 0.25) is 5.02 Å². The highest BCUT2D eigenvalue weighted by Gasteiger charge is 2.16. The summed E-state index contributed by atoms with van der Waals surface area (Å²) >= 11 is 7.74. The molecule has 3 aromatic carbocycles. The molecule has 0 aliphatic heterocycles. The number of aryl methyl sites for hydroxylation is 1. The van der Waals surface area contributed by atoms with Crippen molar-refractivity contribution in [2.75, 3.05) is 7.11 Å². The molecule has 0 aliphatic carbocycles. The molecule has 0 bridgehead atoms. The third kappa shape index (κ3) is 7.10. The molecule has 0 saturated carbocycles. The van der Waals surface area contributed by atoms with E-state index in [0.717, 1.165) is 33.5 Å². The summed E-state index contributed by atoms with van der Waals surface area (Å²) in [6.45, 7) is 0.532. The highest BCUT2D eigenvalue weighted by molar-refractivity contribution is 7.98. The van der Waals surface area contributed by atoms with Crippen LogP contribution in [0, 0.1) is 0 Å². The first-order valence-corrected chi connectivity index (χ1v) is 12.8. The fourth-order valence-electron chi connectivity index (χ4n) is 3.63. The minimum Gasteiger partial charge on any atom is -0.497 e. The lowest BCUT2D eigenvalue weighted by Gasteiger charge is -2.12. The lowest BCUT2D eigenvalue weighted by atomic mass is 10.2. The van der Waals surface area contributed by atoms with E-state index in [4.69, 9.17) is 16.3 Å². The Kier molecular flexibility index (Phi) is 8.81. The second kappa shape index (κ2) is 12.4.